The molecular weight excluding hydrogens is 232 g/mol. The average molecular weight is 248 g/mol. The van der Waals surface area contributed by atoms with Crippen LogP contribution in [0.4, 0.5) is 0 Å². The average Bonchev–Trinajstić information content (AvgIpc) is 2.87. The van der Waals surface area contributed by atoms with Gasteiger partial charge < -0.3 is 15.2 Å². The van der Waals surface area contributed by atoms with Crippen LogP contribution >= 0.6 is 0 Å². The molecule has 1 heterocycles. The van der Waals surface area contributed by atoms with Gasteiger partial charge in [-0.2, -0.15) is 0 Å². The highest BCUT2D eigenvalue weighted by Crippen LogP contribution is 2.31. The molecule has 0 radical (unpaired) electrons. The molecule has 0 amide bonds. The number of ether oxygens (including phenoxy) is 2. The van der Waals surface area contributed by atoms with Crippen LogP contribution in [0, 0.1) is 0 Å². The predicted octanol–water partition coefficient (Wildman–Crippen LogP) is 0.921. The molecule has 2 rings (SSSR count). The molecule has 0 aliphatic rings. The molecule has 1 aromatic heterocycles. The molecule has 0 aliphatic heterocycles. The van der Waals surface area contributed by atoms with Gasteiger partial charge in [-0.1, -0.05) is 5.21 Å². The van der Waals surface area contributed by atoms with Gasteiger partial charge in [-0.25, -0.2) is 0 Å². The van der Waals surface area contributed by atoms with Gasteiger partial charge in [0.25, 0.3) is 0 Å². The van der Waals surface area contributed by atoms with E-state index in [1.54, 1.807) is 18.9 Å². The molecule has 0 aliphatic carbocycles. The molecule has 18 heavy (non-hydrogen) atoms. The predicted molar refractivity (Wildman–Crippen MR) is 67.6 cm³/mol. The maximum atomic E-state index is 5.47. The molecule has 96 valence electrons. The van der Waals surface area contributed by atoms with Crippen LogP contribution in [0.1, 0.15) is 0 Å². The number of rotatable bonds is 5. The Balaban J connectivity index is 2.31. The molecule has 0 spiro atoms. The van der Waals surface area contributed by atoms with Gasteiger partial charge in [0.05, 0.1) is 27.0 Å². The first kappa shape index (κ1) is 12.4. The lowest BCUT2D eigenvalue weighted by Crippen LogP contribution is -2.10. The van der Waals surface area contributed by atoms with Crippen LogP contribution in [0.5, 0.6) is 11.5 Å². The van der Waals surface area contributed by atoms with E-state index in [2.05, 4.69) is 10.3 Å². The minimum Gasteiger partial charge on any atom is -0.493 e. The number of benzene rings is 1. The summed E-state index contributed by atoms with van der Waals surface area (Å²) in [6.07, 6.45) is 1.86. The zero-order chi connectivity index (χ0) is 13.0. The van der Waals surface area contributed by atoms with Crippen molar-refractivity contribution in [3.05, 3.63) is 24.4 Å². The molecule has 0 atom stereocenters. The SMILES string of the molecule is COc1ccc(-c2cn(CCN)nn2)cc1OC. The summed E-state index contributed by atoms with van der Waals surface area (Å²) in [6.45, 7) is 1.19. The summed E-state index contributed by atoms with van der Waals surface area (Å²) in [7, 11) is 3.21. The van der Waals surface area contributed by atoms with Crippen molar-refractivity contribution < 1.29 is 9.47 Å². The van der Waals surface area contributed by atoms with E-state index in [9.17, 15) is 0 Å². The number of nitrogens with zero attached hydrogens (tertiary/aromatic N) is 3. The van der Waals surface area contributed by atoms with E-state index in [-0.39, 0.29) is 0 Å². The quantitative estimate of drug-likeness (QED) is 0.851. The van der Waals surface area contributed by atoms with Crippen LogP contribution < -0.4 is 15.2 Å². The second kappa shape index (κ2) is 5.50. The van der Waals surface area contributed by atoms with Gasteiger partial charge in [-0.15, -0.1) is 5.10 Å². The lowest BCUT2D eigenvalue weighted by atomic mass is 10.1. The molecule has 6 heteroatoms. The second-order valence-corrected chi connectivity index (χ2v) is 3.73. The third-order valence-electron chi connectivity index (χ3n) is 2.58. The Morgan fingerprint density at radius 1 is 1.22 bits per heavy atom. The summed E-state index contributed by atoms with van der Waals surface area (Å²) in [6, 6.07) is 5.63. The second-order valence-electron chi connectivity index (χ2n) is 3.73. The van der Waals surface area contributed by atoms with Crippen LogP contribution in [0.25, 0.3) is 11.3 Å². The van der Waals surface area contributed by atoms with Gasteiger partial charge >= 0.3 is 0 Å². The van der Waals surface area contributed by atoms with E-state index >= 15 is 0 Å². The van der Waals surface area contributed by atoms with Crippen molar-refractivity contribution in [2.75, 3.05) is 20.8 Å². The standard InChI is InChI=1S/C12H16N4O2/c1-17-11-4-3-9(7-12(11)18-2)10-8-16(6-5-13)15-14-10/h3-4,7-8H,5-6,13H2,1-2H3. The van der Waals surface area contributed by atoms with E-state index in [4.69, 9.17) is 15.2 Å². The fraction of sp³-hybridized carbons (Fsp3) is 0.333. The third kappa shape index (κ3) is 2.43. The van der Waals surface area contributed by atoms with E-state index in [1.807, 2.05) is 24.4 Å². The topological polar surface area (TPSA) is 75.2 Å². The number of hydrogen-bond acceptors (Lipinski definition) is 5. The Morgan fingerprint density at radius 2 is 2.00 bits per heavy atom. The van der Waals surface area contributed by atoms with Crippen molar-refractivity contribution in [2.24, 2.45) is 5.73 Å². The van der Waals surface area contributed by atoms with Crippen molar-refractivity contribution in [3.63, 3.8) is 0 Å². The Bertz CT molecular complexity index is 525. The van der Waals surface area contributed by atoms with Gasteiger partial charge in [-0.05, 0) is 18.2 Å². The summed E-state index contributed by atoms with van der Waals surface area (Å²) in [5, 5.41) is 8.09. The first-order valence-corrected chi connectivity index (χ1v) is 5.61. The summed E-state index contributed by atoms with van der Waals surface area (Å²) in [5.41, 5.74) is 7.18. The first-order valence-electron chi connectivity index (χ1n) is 5.61. The fourth-order valence-electron chi connectivity index (χ4n) is 1.67. The number of hydrogen-bond donors (Lipinski definition) is 1. The zero-order valence-corrected chi connectivity index (χ0v) is 10.5. The van der Waals surface area contributed by atoms with Gasteiger partial charge in [0.15, 0.2) is 11.5 Å². The Morgan fingerprint density at radius 3 is 2.67 bits per heavy atom. The highest BCUT2D eigenvalue weighted by atomic mass is 16.5. The summed E-state index contributed by atoms with van der Waals surface area (Å²) in [5.74, 6) is 1.36. The molecule has 0 saturated carbocycles. The van der Waals surface area contributed by atoms with Gasteiger partial charge in [0.2, 0.25) is 0 Å². The maximum Gasteiger partial charge on any atom is 0.161 e. The van der Waals surface area contributed by atoms with Crippen molar-refractivity contribution in [3.8, 4) is 22.8 Å². The normalized spacial score (nSPS) is 10.4. The van der Waals surface area contributed by atoms with Gasteiger partial charge in [0.1, 0.15) is 5.69 Å². The molecular formula is C12H16N4O2. The monoisotopic (exact) mass is 248 g/mol. The van der Waals surface area contributed by atoms with E-state index in [0.717, 1.165) is 11.3 Å². The fourth-order valence-corrected chi connectivity index (χ4v) is 1.67. The summed E-state index contributed by atoms with van der Waals surface area (Å²) >= 11 is 0. The summed E-state index contributed by atoms with van der Waals surface area (Å²) in [4.78, 5) is 0. The molecule has 2 aromatic rings. The van der Waals surface area contributed by atoms with E-state index < -0.39 is 0 Å². The van der Waals surface area contributed by atoms with Crippen molar-refractivity contribution >= 4 is 0 Å². The highest BCUT2D eigenvalue weighted by molar-refractivity contribution is 5.63. The van der Waals surface area contributed by atoms with Crippen LogP contribution in [-0.4, -0.2) is 35.8 Å². The summed E-state index contributed by atoms with van der Waals surface area (Å²) < 4.78 is 12.2. The molecule has 0 unspecified atom stereocenters. The van der Waals surface area contributed by atoms with Crippen LogP contribution in [0.2, 0.25) is 0 Å². The lowest BCUT2D eigenvalue weighted by molar-refractivity contribution is 0.355. The molecule has 0 bridgehead atoms. The van der Waals surface area contributed by atoms with Gasteiger partial charge in [-0.3, -0.25) is 4.68 Å². The third-order valence-corrected chi connectivity index (χ3v) is 2.58. The Labute approximate surface area is 105 Å². The minimum absolute atomic E-state index is 0.536. The number of methoxy groups -OCH3 is 2. The first-order chi connectivity index (χ1) is 8.78. The number of aromatic nitrogens is 3. The Kier molecular flexibility index (Phi) is 3.78. The molecule has 1 aromatic carbocycles. The minimum atomic E-state index is 0.536. The Hall–Kier alpha value is -2.08. The van der Waals surface area contributed by atoms with E-state index in [1.165, 1.54) is 0 Å². The zero-order valence-electron chi connectivity index (χ0n) is 10.5. The van der Waals surface area contributed by atoms with Crippen molar-refractivity contribution in [1.82, 2.24) is 15.0 Å². The maximum absolute atomic E-state index is 5.47. The van der Waals surface area contributed by atoms with Crippen LogP contribution in [0.3, 0.4) is 0 Å². The molecule has 0 fully saturated rings. The largest absolute Gasteiger partial charge is 0.493 e. The molecule has 6 nitrogen and oxygen atoms in total. The molecule has 2 N–H and O–H groups in total. The highest BCUT2D eigenvalue weighted by Gasteiger charge is 2.08. The molecule has 0 saturated heterocycles. The van der Waals surface area contributed by atoms with Crippen LogP contribution in [0.15, 0.2) is 24.4 Å². The lowest BCUT2D eigenvalue weighted by Gasteiger charge is -2.07. The van der Waals surface area contributed by atoms with Crippen molar-refractivity contribution in [1.29, 1.82) is 0 Å². The van der Waals surface area contributed by atoms with Gasteiger partial charge in [0, 0.05) is 12.1 Å². The van der Waals surface area contributed by atoms with E-state index in [0.29, 0.717) is 24.6 Å². The van der Waals surface area contributed by atoms with Crippen LogP contribution in [-0.2, 0) is 6.54 Å². The van der Waals surface area contributed by atoms with Crippen molar-refractivity contribution in [2.45, 2.75) is 6.54 Å². The smallest absolute Gasteiger partial charge is 0.161 e. The number of nitrogens with two attached hydrogens (primary N) is 1.